The molecule has 0 saturated heterocycles. The van der Waals surface area contributed by atoms with Crippen molar-refractivity contribution >= 4 is 28.1 Å². The van der Waals surface area contributed by atoms with E-state index in [2.05, 4.69) is 48.4 Å². The molecule has 1 heterocycles. The van der Waals surface area contributed by atoms with Gasteiger partial charge in [0.2, 0.25) is 5.91 Å². The fraction of sp³-hybridized carbons (Fsp3) is 0.385. The van der Waals surface area contributed by atoms with Crippen LogP contribution in [0.1, 0.15) is 61.9 Å². The fourth-order valence-corrected chi connectivity index (χ4v) is 4.67. The summed E-state index contributed by atoms with van der Waals surface area (Å²) in [5.74, 6) is 0.536. The largest absolute Gasteiger partial charge is 0.290 e. The van der Waals surface area contributed by atoms with Crippen molar-refractivity contribution in [2.24, 2.45) is 0 Å². The van der Waals surface area contributed by atoms with Gasteiger partial charge in [0.25, 0.3) is 0 Å². The highest BCUT2D eigenvalue weighted by Gasteiger charge is 2.30. The molecule has 0 spiro atoms. The molecule has 1 aromatic heterocycles. The summed E-state index contributed by atoms with van der Waals surface area (Å²) < 4.78 is 0. The van der Waals surface area contributed by atoms with Crippen molar-refractivity contribution in [3.8, 4) is 0 Å². The van der Waals surface area contributed by atoms with Crippen LogP contribution in [0.4, 0.5) is 10.8 Å². The predicted octanol–water partition coefficient (Wildman–Crippen LogP) is 6.42. The normalized spacial score (nSPS) is 13.7. The van der Waals surface area contributed by atoms with Crippen LogP contribution in [-0.2, 0) is 17.9 Å². The number of anilines is 2. The third kappa shape index (κ3) is 5.41. The Kier molecular flexibility index (Phi) is 6.54. The number of nitrogens with zero attached hydrogens (tertiary/aromatic N) is 3. The van der Waals surface area contributed by atoms with E-state index >= 15 is 0 Å². The first-order valence-electron chi connectivity index (χ1n) is 11.1. The lowest BCUT2D eigenvalue weighted by Crippen LogP contribution is -2.26. The molecule has 1 aliphatic carbocycles. The first-order valence-corrected chi connectivity index (χ1v) is 11.9. The molecule has 4 rings (SSSR count). The van der Waals surface area contributed by atoms with E-state index in [0.717, 1.165) is 29.6 Å². The molecule has 1 amide bonds. The van der Waals surface area contributed by atoms with E-state index in [1.807, 2.05) is 31.2 Å². The topological polar surface area (TPSA) is 36.4 Å². The highest BCUT2D eigenvalue weighted by atomic mass is 32.1. The van der Waals surface area contributed by atoms with Gasteiger partial charge in [0.15, 0.2) is 5.13 Å². The number of thiazole rings is 1. The highest BCUT2D eigenvalue weighted by Crippen LogP contribution is 2.33. The Hall–Kier alpha value is -2.50. The zero-order valence-electron chi connectivity index (χ0n) is 18.8. The third-order valence-electron chi connectivity index (χ3n) is 5.80. The Morgan fingerprint density at radius 1 is 1.06 bits per heavy atom. The van der Waals surface area contributed by atoms with E-state index in [-0.39, 0.29) is 5.91 Å². The molecule has 0 radical (unpaired) electrons. The second-order valence-electron chi connectivity index (χ2n) is 8.84. The second kappa shape index (κ2) is 9.33. The van der Waals surface area contributed by atoms with Crippen LogP contribution in [0.3, 0.4) is 0 Å². The molecule has 5 heteroatoms. The van der Waals surface area contributed by atoms with Crippen LogP contribution in [0.5, 0.6) is 0 Å². The lowest BCUT2D eigenvalue weighted by Gasteiger charge is -2.22. The molecule has 1 aliphatic rings. The molecule has 4 nitrogen and oxygen atoms in total. The number of amides is 1. The van der Waals surface area contributed by atoms with Crippen LogP contribution in [0.15, 0.2) is 53.9 Å². The van der Waals surface area contributed by atoms with E-state index < -0.39 is 0 Å². The van der Waals surface area contributed by atoms with Crippen molar-refractivity contribution in [2.45, 2.75) is 65.6 Å². The summed E-state index contributed by atoms with van der Waals surface area (Å²) in [7, 11) is 0. The van der Waals surface area contributed by atoms with Crippen LogP contribution in [0.2, 0.25) is 0 Å². The van der Waals surface area contributed by atoms with Gasteiger partial charge in [-0.05, 0) is 48.9 Å². The number of hydrogen-bond acceptors (Lipinski definition) is 4. The summed E-state index contributed by atoms with van der Waals surface area (Å²) in [5.41, 5.74) is 5.80. The number of rotatable bonds is 8. The monoisotopic (exact) mass is 433 g/mol. The van der Waals surface area contributed by atoms with Crippen molar-refractivity contribution < 1.29 is 4.79 Å². The van der Waals surface area contributed by atoms with E-state index in [0.29, 0.717) is 12.0 Å². The molecular formula is C26H31N3OS. The third-order valence-corrected chi connectivity index (χ3v) is 6.67. The molecular weight excluding hydrogens is 402 g/mol. The first-order chi connectivity index (χ1) is 14.9. The molecule has 3 aromatic rings. The van der Waals surface area contributed by atoms with Gasteiger partial charge in [-0.15, -0.1) is 11.3 Å². The fourth-order valence-electron chi connectivity index (χ4n) is 3.80. The minimum atomic E-state index is -0.0194. The van der Waals surface area contributed by atoms with Gasteiger partial charge in [-0.2, -0.15) is 0 Å². The van der Waals surface area contributed by atoms with Crippen LogP contribution < -0.4 is 4.90 Å². The van der Waals surface area contributed by atoms with E-state index in [9.17, 15) is 4.79 Å². The molecule has 162 valence electrons. The van der Waals surface area contributed by atoms with Gasteiger partial charge < -0.3 is 0 Å². The van der Waals surface area contributed by atoms with Gasteiger partial charge in [-0.3, -0.25) is 14.6 Å². The van der Waals surface area contributed by atoms with Gasteiger partial charge in [0, 0.05) is 31.4 Å². The average Bonchev–Trinajstić information content (AvgIpc) is 3.49. The van der Waals surface area contributed by atoms with Crippen molar-refractivity contribution in [3.63, 3.8) is 0 Å². The predicted molar refractivity (Wildman–Crippen MR) is 129 cm³/mol. The first kappa shape index (κ1) is 21.7. The molecule has 0 N–H and O–H groups in total. The number of carbonyl (C=O) groups excluding carboxylic acids is 1. The molecule has 31 heavy (non-hydrogen) atoms. The lowest BCUT2D eigenvalue weighted by molar-refractivity contribution is -0.115. The maximum absolute atomic E-state index is 12.4. The smallest absolute Gasteiger partial charge is 0.230 e. The standard InChI is InChI=1S/C26H31N3OS/c1-18(2)22-9-7-21(8-10-22)15-28(24-13-14-24)16-23-17-31-26(27-23)29(20(4)30)25-11-5-19(3)6-12-25/h5-12,17-18,24H,13-16H2,1-4H3. The highest BCUT2D eigenvalue weighted by molar-refractivity contribution is 7.14. The number of aryl methyl sites for hydroxylation is 1. The Morgan fingerprint density at radius 3 is 2.32 bits per heavy atom. The minimum Gasteiger partial charge on any atom is -0.290 e. The molecule has 0 atom stereocenters. The lowest BCUT2D eigenvalue weighted by atomic mass is 10.0. The van der Waals surface area contributed by atoms with Gasteiger partial charge in [0.1, 0.15) is 0 Å². The number of benzene rings is 2. The van der Waals surface area contributed by atoms with Crippen LogP contribution in [-0.4, -0.2) is 21.8 Å². The minimum absolute atomic E-state index is 0.0194. The quantitative estimate of drug-likeness (QED) is 0.411. The van der Waals surface area contributed by atoms with Crippen LogP contribution >= 0.6 is 11.3 Å². The number of hydrogen-bond donors (Lipinski definition) is 0. The summed E-state index contributed by atoms with van der Waals surface area (Å²) >= 11 is 1.54. The number of aromatic nitrogens is 1. The van der Waals surface area contributed by atoms with Gasteiger partial charge in [0.05, 0.1) is 11.4 Å². The zero-order valence-corrected chi connectivity index (χ0v) is 19.7. The number of carbonyl (C=O) groups is 1. The summed E-state index contributed by atoms with van der Waals surface area (Å²) in [6, 6.07) is 17.7. The molecule has 0 aliphatic heterocycles. The molecule has 1 saturated carbocycles. The second-order valence-corrected chi connectivity index (χ2v) is 9.68. The van der Waals surface area contributed by atoms with Gasteiger partial charge in [-0.1, -0.05) is 55.8 Å². The average molecular weight is 434 g/mol. The Balaban J connectivity index is 1.49. The molecule has 0 bridgehead atoms. The summed E-state index contributed by atoms with van der Waals surface area (Å²) in [5, 5.41) is 2.83. The molecule has 1 fully saturated rings. The van der Waals surface area contributed by atoms with Crippen LogP contribution in [0, 0.1) is 6.92 Å². The van der Waals surface area contributed by atoms with Gasteiger partial charge >= 0.3 is 0 Å². The van der Waals surface area contributed by atoms with E-state index in [4.69, 9.17) is 4.98 Å². The maximum Gasteiger partial charge on any atom is 0.230 e. The summed E-state index contributed by atoms with van der Waals surface area (Å²) in [6.45, 7) is 9.85. The molecule has 0 unspecified atom stereocenters. The molecule has 2 aromatic carbocycles. The van der Waals surface area contributed by atoms with Crippen molar-refractivity contribution in [1.82, 2.24) is 9.88 Å². The Labute approximate surface area is 189 Å². The van der Waals surface area contributed by atoms with Gasteiger partial charge in [-0.25, -0.2) is 4.98 Å². The van der Waals surface area contributed by atoms with Crippen molar-refractivity contribution in [2.75, 3.05) is 4.90 Å². The van der Waals surface area contributed by atoms with Crippen LogP contribution in [0.25, 0.3) is 0 Å². The maximum atomic E-state index is 12.4. The SMILES string of the molecule is CC(=O)N(c1ccc(C)cc1)c1nc(CN(Cc2ccc(C(C)C)cc2)C2CC2)cs1. The van der Waals surface area contributed by atoms with Crippen molar-refractivity contribution in [1.29, 1.82) is 0 Å². The van der Waals surface area contributed by atoms with E-state index in [1.54, 1.807) is 11.8 Å². The van der Waals surface area contributed by atoms with E-state index in [1.165, 1.54) is 40.9 Å². The zero-order chi connectivity index (χ0) is 22.0. The summed E-state index contributed by atoms with van der Waals surface area (Å²) in [6.07, 6.45) is 2.51. The van der Waals surface area contributed by atoms with Crippen molar-refractivity contribution in [3.05, 3.63) is 76.3 Å². The Morgan fingerprint density at radius 2 is 1.74 bits per heavy atom. The Bertz CT molecular complexity index is 1020. The summed E-state index contributed by atoms with van der Waals surface area (Å²) in [4.78, 5) is 21.4.